The molecule has 202 valence electrons. The third-order valence-electron chi connectivity index (χ3n) is 5.55. The van der Waals surface area contributed by atoms with E-state index in [2.05, 4.69) is 4.74 Å². The first-order valence-corrected chi connectivity index (χ1v) is 11.2. The van der Waals surface area contributed by atoms with E-state index in [0.29, 0.717) is 18.7 Å². The van der Waals surface area contributed by atoms with Crippen molar-refractivity contribution in [2.45, 2.75) is 57.6 Å². The minimum Gasteiger partial charge on any atom is -0.478 e. The Kier molecular flexibility index (Phi) is 8.89. The van der Waals surface area contributed by atoms with Gasteiger partial charge in [0.1, 0.15) is 17.9 Å². The molecule has 2 N–H and O–H groups in total. The zero-order valence-corrected chi connectivity index (χ0v) is 20.3. The summed E-state index contributed by atoms with van der Waals surface area (Å²) in [5.41, 5.74) is -0.0158. The second kappa shape index (κ2) is 11.9. The van der Waals surface area contributed by atoms with Crippen molar-refractivity contribution < 1.29 is 62.6 Å². The van der Waals surface area contributed by atoms with E-state index >= 15 is 0 Å². The van der Waals surface area contributed by atoms with Crippen LogP contribution in [0.3, 0.4) is 0 Å². The van der Waals surface area contributed by atoms with Crippen LogP contribution in [0.15, 0.2) is 18.2 Å². The molecule has 0 saturated carbocycles. The van der Waals surface area contributed by atoms with E-state index in [1.807, 2.05) is 0 Å². The van der Waals surface area contributed by atoms with Crippen LogP contribution in [0.25, 0.3) is 0 Å². The van der Waals surface area contributed by atoms with Gasteiger partial charge >= 0.3 is 30.0 Å². The summed E-state index contributed by atoms with van der Waals surface area (Å²) in [6.45, 7) is 3.06. The van der Waals surface area contributed by atoms with Crippen LogP contribution < -0.4 is 4.74 Å². The Hall–Kier alpha value is -3.91. The van der Waals surface area contributed by atoms with E-state index in [4.69, 9.17) is 23.7 Å². The lowest BCUT2D eigenvalue weighted by Crippen LogP contribution is -2.63. The molecule has 1 amide bonds. The van der Waals surface area contributed by atoms with Gasteiger partial charge in [-0.05, 0) is 24.1 Å². The summed E-state index contributed by atoms with van der Waals surface area (Å²) in [7, 11) is 1.04. The van der Waals surface area contributed by atoms with E-state index < -0.39 is 60.7 Å². The number of carboxylic acid groups (broad SMARTS) is 1. The molecule has 1 aromatic carbocycles. The number of aromatic carboxylic acids is 1. The van der Waals surface area contributed by atoms with Gasteiger partial charge in [-0.15, -0.1) is 0 Å². The summed E-state index contributed by atoms with van der Waals surface area (Å²) in [5.74, 6) is -4.43. The number of carboxylic acids is 1. The number of rotatable bonds is 8. The number of esters is 3. The SMILES string of the molecule is COC(=O)[C@H]1O[C@@H](Oc2ccc(COC(=O)N3CCC3)cc2C(=O)O)[C@H](O)[C@@H](OC(C)=O)[C@@H]1OC(C)=O. The summed E-state index contributed by atoms with van der Waals surface area (Å²) in [6.07, 6.45) is -8.06. The summed E-state index contributed by atoms with van der Waals surface area (Å²) in [4.78, 5) is 60.9. The lowest BCUT2D eigenvalue weighted by Gasteiger charge is -2.41. The Morgan fingerprint density at radius 2 is 1.70 bits per heavy atom. The fourth-order valence-corrected chi connectivity index (χ4v) is 3.67. The molecule has 3 rings (SSSR count). The Morgan fingerprint density at radius 1 is 1.05 bits per heavy atom. The van der Waals surface area contributed by atoms with Crippen molar-refractivity contribution in [3.05, 3.63) is 29.3 Å². The molecule has 0 aromatic heterocycles. The number of nitrogens with zero attached hydrogens (tertiary/aromatic N) is 1. The lowest BCUT2D eigenvalue weighted by molar-refractivity contribution is -0.278. The van der Waals surface area contributed by atoms with Gasteiger partial charge in [0.05, 0.1) is 7.11 Å². The molecule has 5 atom stereocenters. The average molecular weight is 525 g/mol. The van der Waals surface area contributed by atoms with Gasteiger partial charge in [0.15, 0.2) is 24.4 Å². The highest BCUT2D eigenvalue weighted by Crippen LogP contribution is 2.31. The maximum atomic E-state index is 12.4. The monoisotopic (exact) mass is 525 g/mol. The molecule has 14 nitrogen and oxygen atoms in total. The molecule has 0 spiro atoms. The molecule has 0 aliphatic carbocycles. The maximum Gasteiger partial charge on any atom is 0.410 e. The van der Waals surface area contributed by atoms with Crippen LogP contribution in [0.4, 0.5) is 4.79 Å². The fourth-order valence-electron chi connectivity index (χ4n) is 3.67. The summed E-state index contributed by atoms with van der Waals surface area (Å²) in [6, 6.07) is 3.89. The molecule has 0 radical (unpaired) electrons. The molecule has 2 aliphatic rings. The fraction of sp³-hybridized carbons (Fsp3) is 0.522. The van der Waals surface area contributed by atoms with Crippen molar-refractivity contribution in [1.82, 2.24) is 4.90 Å². The first kappa shape index (κ1) is 27.7. The molecular weight excluding hydrogens is 498 g/mol. The Balaban J connectivity index is 1.84. The largest absolute Gasteiger partial charge is 0.478 e. The van der Waals surface area contributed by atoms with Crippen LogP contribution in [0.2, 0.25) is 0 Å². The third kappa shape index (κ3) is 6.65. The van der Waals surface area contributed by atoms with E-state index in [-0.39, 0.29) is 17.9 Å². The summed E-state index contributed by atoms with van der Waals surface area (Å²) >= 11 is 0. The molecule has 0 bridgehead atoms. The smallest absolute Gasteiger partial charge is 0.410 e. The van der Waals surface area contributed by atoms with Gasteiger partial charge in [-0.25, -0.2) is 14.4 Å². The van der Waals surface area contributed by atoms with Gasteiger partial charge in [0.2, 0.25) is 6.29 Å². The van der Waals surface area contributed by atoms with E-state index in [9.17, 15) is 34.2 Å². The maximum absolute atomic E-state index is 12.4. The Morgan fingerprint density at radius 3 is 2.24 bits per heavy atom. The molecule has 14 heteroatoms. The molecule has 2 saturated heterocycles. The number of methoxy groups -OCH3 is 1. The Bertz CT molecular complexity index is 1050. The van der Waals surface area contributed by atoms with Crippen molar-refractivity contribution in [2.75, 3.05) is 20.2 Å². The second-order valence-corrected chi connectivity index (χ2v) is 8.24. The first-order chi connectivity index (χ1) is 17.5. The van der Waals surface area contributed by atoms with E-state index in [0.717, 1.165) is 27.4 Å². The first-order valence-electron chi connectivity index (χ1n) is 11.2. The number of hydrogen-bond donors (Lipinski definition) is 2. The van der Waals surface area contributed by atoms with Crippen LogP contribution in [-0.4, -0.2) is 96.0 Å². The molecule has 2 heterocycles. The van der Waals surface area contributed by atoms with Crippen molar-refractivity contribution in [1.29, 1.82) is 0 Å². The van der Waals surface area contributed by atoms with Gasteiger partial charge < -0.3 is 43.5 Å². The summed E-state index contributed by atoms with van der Waals surface area (Å²) < 4.78 is 31.1. The van der Waals surface area contributed by atoms with E-state index in [1.54, 1.807) is 0 Å². The number of likely N-dealkylation sites (tertiary alicyclic amines) is 1. The number of benzene rings is 1. The number of aliphatic hydroxyl groups excluding tert-OH is 1. The van der Waals surface area contributed by atoms with Crippen molar-refractivity contribution in [2.24, 2.45) is 0 Å². The number of ether oxygens (including phenoxy) is 6. The van der Waals surface area contributed by atoms with Gasteiger partial charge in [-0.1, -0.05) is 6.07 Å². The second-order valence-electron chi connectivity index (χ2n) is 8.24. The normalized spacial score (nSPS) is 24.8. The molecule has 2 fully saturated rings. The number of carbonyl (C=O) groups excluding carboxylic acids is 4. The molecular formula is C23H27NO13. The van der Waals surface area contributed by atoms with Crippen molar-refractivity contribution in [3.8, 4) is 5.75 Å². The predicted molar refractivity (Wildman–Crippen MR) is 118 cm³/mol. The van der Waals surface area contributed by atoms with Crippen molar-refractivity contribution >= 4 is 30.0 Å². The van der Waals surface area contributed by atoms with Crippen LogP contribution >= 0.6 is 0 Å². The predicted octanol–water partition coefficient (Wildman–Crippen LogP) is 0.228. The number of carbonyl (C=O) groups is 5. The topological polar surface area (TPSA) is 184 Å². The number of aliphatic hydroxyl groups is 1. The zero-order chi connectivity index (χ0) is 27.3. The highest BCUT2D eigenvalue weighted by atomic mass is 16.7. The van der Waals surface area contributed by atoms with Crippen LogP contribution in [0.1, 0.15) is 36.2 Å². The molecule has 2 aliphatic heterocycles. The highest BCUT2D eigenvalue weighted by molar-refractivity contribution is 5.91. The quantitative estimate of drug-likeness (QED) is 0.347. The third-order valence-corrected chi connectivity index (χ3v) is 5.55. The van der Waals surface area contributed by atoms with Gasteiger partial charge in [0, 0.05) is 26.9 Å². The van der Waals surface area contributed by atoms with Crippen molar-refractivity contribution in [3.63, 3.8) is 0 Å². The minimum atomic E-state index is -1.81. The van der Waals surface area contributed by atoms with Gasteiger partial charge in [-0.2, -0.15) is 0 Å². The average Bonchev–Trinajstić information content (AvgIpc) is 2.80. The van der Waals surface area contributed by atoms with Crippen LogP contribution in [0.5, 0.6) is 5.75 Å². The van der Waals surface area contributed by atoms with Crippen LogP contribution in [0, 0.1) is 0 Å². The highest BCUT2D eigenvalue weighted by Gasteiger charge is 2.53. The van der Waals surface area contributed by atoms with Gasteiger partial charge in [-0.3, -0.25) is 9.59 Å². The van der Waals surface area contributed by atoms with Gasteiger partial charge in [0.25, 0.3) is 0 Å². The molecule has 37 heavy (non-hydrogen) atoms. The molecule has 1 aromatic rings. The number of amides is 1. The molecule has 0 unspecified atom stereocenters. The summed E-state index contributed by atoms with van der Waals surface area (Å²) in [5, 5.41) is 20.5. The Labute approximate surface area is 210 Å². The minimum absolute atomic E-state index is 0.193. The van der Waals surface area contributed by atoms with Crippen LogP contribution in [-0.2, 0) is 44.7 Å². The lowest BCUT2D eigenvalue weighted by atomic mass is 9.98. The number of hydrogen-bond acceptors (Lipinski definition) is 12. The zero-order valence-electron chi connectivity index (χ0n) is 20.3. The van der Waals surface area contributed by atoms with E-state index in [1.165, 1.54) is 23.1 Å². The standard InChI is InChI=1S/C23H27NO13/c1-11(25)34-17-16(27)22(37-19(21(30)32-3)18(17)35-12(2)26)36-15-6-5-13(9-14(15)20(28)29)10-33-23(31)24-7-4-8-24/h5-6,9,16-19,22,27H,4,7-8,10H2,1-3H3,(H,28,29)/t16-,17-,18+,19+,22-/m1/s1.